The molecule has 1 aliphatic rings. The number of rotatable bonds is 7. The Balaban J connectivity index is 2.17. The van der Waals surface area contributed by atoms with Gasteiger partial charge in [0.1, 0.15) is 18.2 Å². The molecule has 1 aliphatic heterocycles. The van der Waals surface area contributed by atoms with Gasteiger partial charge in [0.15, 0.2) is 0 Å². The maximum Gasteiger partial charge on any atom is 0.253 e. The van der Waals surface area contributed by atoms with Gasteiger partial charge in [0.2, 0.25) is 0 Å². The van der Waals surface area contributed by atoms with E-state index in [0.717, 1.165) is 17.5 Å². The van der Waals surface area contributed by atoms with Crippen molar-refractivity contribution in [1.29, 1.82) is 5.26 Å². The van der Waals surface area contributed by atoms with Crippen LogP contribution < -0.4 is 0 Å². The quantitative estimate of drug-likeness (QED) is 0.474. The van der Waals surface area contributed by atoms with Gasteiger partial charge in [-0.05, 0) is 41.8 Å². The Morgan fingerprint density at radius 3 is 2.53 bits per heavy atom. The monoisotopic (exact) mass is 442 g/mol. The Hall–Kier alpha value is -2.32. The molecule has 1 amide bonds. The minimum atomic E-state index is -0.706. The van der Waals surface area contributed by atoms with Gasteiger partial charge in [-0.25, -0.2) is 0 Å². The number of carbonyl (C=O) groups excluding carboxylic acids is 1. The Labute approximate surface area is 187 Å². The molecule has 4 nitrogen and oxygen atoms in total. The lowest BCUT2D eigenvalue weighted by molar-refractivity contribution is -0.176. The van der Waals surface area contributed by atoms with Gasteiger partial charge in [0.25, 0.3) is 5.91 Å². The summed E-state index contributed by atoms with van der Waals surface area (Å²) in [6.45, 7) is 5.77. The van der Waals surface area contributed by atoms with E-state index in [-0.39, 0.29) is 5.91 Å². The molecule has 0 aliphatic carbocycles. The number of halogens is 2. The van der Waals surface area contributed by atoms with E-state index in [9.17, 15) is 10.1 Å². The first-order valence-electron chi connectivity index (χ1n) is 9.99. The van der Waals surface area contributed by atoms with E-state index >= 15 is 0 Å². The van der Waals surface area contributed by atoms with Crippen LogP contribution in [0.25, 0.3) is 0 Å². The molecule has 0 spiro atoms. The SMILES string of the molecule is C=CC[C@H]1O[C@H](c2cccc(Cl)c2)[C@H](c2ccc(Cl)cc2)N([C@@H](C#N)CCC)C1=O. The highest BCUT2D eigenvalue weighted by Gasteiger charge is 2.46. The molecule has 1 saturated heterocycles. The highest BCUT2D eigenvalue weighted by Crippen LogP contribution is 2.44. The number of hydrogen-bond acceptors (Lipinski definition) is 3. The highest BCUT2D eigenvalue weighted by atomic mass is 35.5. The number of hydrogen-bond donors (Lipinski definition) is 0. The average molecular weight is 443 g/mol. The number of amides is 1. The smallest absolute Gasteiger partial charge is 0.253 e. The van der Waals surface area contributed by atoms with Crippen molar-refractivity contribution < 1.29 is 9.53 Å². The van der Waals surface area contributed by atoms with Crippen molar-refractivity contribution in [3.05, 3.63) is 82.4 Å². The summed E-state index contributed by atoms with van der Waals surface area (Å²) >= 11 is 12.4. The molecule has 4 atom stereocenters. The Morgan fingerprint density at radius 1 is 1.20 bits per heavy atom. The average Bonchev–Trinajstić information content (AvgIpc) is 2.74. The minimum Gasteiger partial charge on any atom is -0.358 e. The largest absolute Gasteiger partial charge is 0.358 e. The Bertz CT molecular complexity index is 939. The van der Waals surface area contributed by atoms with Crippen molar-refractivity contribution in [3.8, 4) is 6.07 Å². The fraction of sp³-hybridized carbons (Fsp3) is 0.333. The first kappa shape index (κ1) is 22.4. The zero-order chi connectivity index (χ0) is 21.7. The molecule has 1 fully saturated rings. The summed E-state index contributed by atoms with van der Waals surface area (Å²) in [5.41, 5.74) is 1.70. The topological polar surface area (TPSA) is 53.3 Å². The molecular formula is C24H24Cl2N2O2. The second kappa shape index (κ2) is 10.1. The Morgan fingerprint density at radius 2 is 1.93 bits per heavy atom. The molecular weight excluding hydrogens is 419 g/mol. The predicted molar refractivity (Wildman–Crippen MR) is 119 cm³/mol. The number of carbonyl (C=O) groups is 1. The van der Waals surface area contributed by atoms with Crippen LogP contribution in [0.3, 0.4) is 0 Å². The van der Waals surface area contributed by atoms with Gasteiger partial charge < -0.3 is 9.64 Å². The molecule has 6 heteroatoms. The first-order valence-corrected chi connectivity index (χ1v) is 10.7. The van der Waals surface area contributed by atoms with E-state index in [2.05, 4.69) is 12.6 Å². The van der Waals surface area contributed by atoms with Crippen LogP contribution in [0.5, 0.6) is 0 Å². The lowest BCUT2D eigenvalue weighted by atomic mass is 9.89. The summed E-state index contributed by atoms with van der Waals surface area (Å²) in [6.07, 6.45) is 2.20. The van der Waals surface area contributed by atoms with Crippen molar-refractivity contribution in [2.24, 2.45) is 0 Å². The van der Waals surface area contributed by atoms with Gasteiger partial charge in [0.05, 0.1) is 12.1 Å². The molecule has 0 unspecified atom stereocenters. The molecule has 0 radical (unpaired) electrons. The van der Waals surface area contributed by atoms with E-state index in [0.29, 0.717) is 22.9 Å². The molecule has 0 bridgehead atoms. The molecule has 156 valence electrons. The molecule has 2 aromatic carbocycles. The lowest BCUT2D eigenvalue weighted by Crippen LogP contribution is -2.54. The molecule has 1 heterocycles. The summed E-state index contributed by atoms with van der Waals surface area (Å²) in [5.74, 6) is -0.201. The van der Waals surface area contributed by atoms with Crippen molar-refractivity contribution in [3.63, 3.8) is 0 Å². The lowest BCUT2D eigenvalue weighted by Gasteiger charge is -2.46. The predicted octanol–water partition coefficient (Wildman–Crippen LogP) is 6.27. The molecule has 0 saturated carbocycles. The van der Waals surface area contributed by atoms with Crippen LogP contribution in [0, 0.1) is 11.3 Å². The third-order valence-electron chi connectivity index (χ3n) is 5.24. The summed E-state index contributed by atoms with van der Waals surface area (Å²) in [6, 6.07) is 16.0. The zero-order valence-electron chi connectivity index (χ0n) is 16.8. The van der Waals surface area contributed by atoms with Gasteiger partial charge in [-0.3, -0.25) is 4.79 Å². The normalized spacial score (nSPS) is 22.4. The second-order valence-electron chi connectivity index (χ2n) is 7.30. The third kappa shape index (κ3) is 4.70. The highest BCUT2D eigenvalue weighted by molar-refractivity contribution is 6.30. The summed E-state index contributed by atoms with van der Waals surface area (Å²) in [7, 11) is 0. The Kier molecular flexibility index (Phi) is 7.55. The van der Waals surface area contributed by atoms with Crippen molar-refractivity contribution in [1.82, 2.24) is 4.90 Å². The van der Waals surface area contributed by atoms with Gasteiger partial charge >= 0.3 is 0 Å². The number of nitriles is 1. The fourth-order valence-corrected chi connectivity index (χ4v) is 4.22. The summed E-state index contributed by atoms with van der Waals surface area (Å²) in [4.78, 5) is 15.1. The van der Waals surface area contributed by atoms with Crippen molar-refractivity contribution >= 4 is 29.1 Å². The first-order chi connectivity index (χ1) is 14.5. The maximum atomic E-state index is 13.4. The molecule has 0 N–H and O–H groups in total. The van der Waals surface area contributed by atoms with Crippen LogP contribution in [0.15, 0.2) is 61.2 Å². The number of benzene rings is 2. The van der Waals surface area contributed by atoms with Crippen LogP contribution in [0.1, 0.15) is 49.5 Å². The van der Waals surface area contributed by atoms with Crippen LogP contribution in [-0.2, 0) is 9.53 Å². The maximum absolute atomic E-state index is 13.4. The van der Waals surface area contributed by atoms with E-state index < -0.39 is 24.3 Å². The molecule has 30 heavy (non-hydrogen) atoms. The van der Waals surface area contributed by atoms with Crippen LogP contribution in [0.2, 0.25) is 10.0 Å². The van der Waals surface area contributed by atoms with Gasteiger partial charge in [-0.1, -0.05) is 66.9 Å². The number of ether oxygens (including phenoxy) is 1. The zero-order valence-corrected chi connectivity index (χ0v) is 18.3. The fourth-order valence-electron chi connectivity index (χ4n) is 3.89. The molecule has 3 rings (SSSR count). The van der Waals surface area contributed by atoms with Crippen LogP contribution in [0.4, 0.5) is 0 Å². The van der Waals surface area contributed by atoms with E-state index in [1.807, 2.05) is 37.3 Å². The van der Waals surface area contributed by atoms with Crippen LogP contribution in [-0.4, -0.2) is 23.0 Å². The van der Waals surface area contributed by atoms with Gasteiger partial charge in [-0.2, -0.15) is 5.26 Å². The van der Waals surface area contributed by atoms with Crippen LogP contribution >= 0.6 is 23.2 Å². The number of nitrogens with zero attached hydrogens (tertiary/aromatic N) is 2. The van der Waals surface area contributed by atoms with Crippen molar-refractivity contribution in [2.45, 2.75) is 50.5 Å². The number of morpholine rings is 1. The molecule has 0 aromatic heterocycles. The molecule has 2 aromatic rings. The summed E-state index contributed by atoms with van der Waals surface area (Å²) in [5, 5.41) is 11.1. The standard InChI is InChI=1S/C24H24Cl2N2O2/c1-3-6-20(15-27)28-22(16-10-12-18(25)13-11-16)23(17-8-5-9-19(26)14-17)30-21(7-4-2)24(28)29/h4-5,8-14,20-23H,2-3,6-7H2,1H3/t20-,21-,22+,23-/m1/s1. The van der Waals surface area contributed by atoms with Gasteiger partial charge in [-0.15, -0.1) is 6.58 Å². The second-order valence-corrected chi connectivity index (χ2v) is 8.17. The van der Waals surface area contributed by atoms with E-state index in [1.165, 1.54) is 0 Å². The van der Waals surface area contributed by atoms with Gasteiger partial charge in [0, 0.05) is 16.5 Å². The minimum absolute atomic E-state index is 0.201. The van der Waals surface area contributed by atoms with Crippen molar-refractivity contribution in [2.75, 3.05) is 0 Å². The third-order valence-corrected chi connectivity index (χ3v) is 5.73. The summed E-state index contributed by atoms with van der Waals surface area (Å²) < 4.78 is 6.32. The van der Waals surface area contributed by atoms with E-state index in [1.54, 1.807) is 29.2 Å². The van der Waals surface area contributed by atoms with E-state index in [4.69, 9.17) is 27.9 Å².